The average Bonchev–Trinajstić information content (AvgIpc) is 1.41. The van der Waals surface area contributed by atoms with Crippen LogP contribution in [0.5, 0.6) is 5.75 Å². The highest BCUT2D eigenvalue weighted by atomic mass is 79.9. The minimum Gasteiger partial charge on any atom is -0.537 e. The maximum atomic E-state index is 8.23. The third kappa shape index (κ3) is 17.8. The Kier molecular flexibility index (Phi) is 25.1. The molecule has 1 aliphatic heterocycles. The van der Waals surface area contributed by atoms with E-state index in [1.807, 2.05) is 12.1 Å². The highest BCUT2D eigenvalue weighted by Gasteiger charge is 2.51. The number of hydrogen-bond acceptors (Lipinski definition) is 4. The maximum absolute atomic E-state index is 8.23. The van der Waals surface area contributed by atoms with Crippen LogP contribution < -0.4 is 10.1 Å². The zero-order valence-corrected chi connectivity index (χ0v) is 84.0. The molecule has 1 fully saturated rings. The van der Waals surface area contributed by atoms with Gasteiger partial charge in [0.2, 0.25) is 0 Å². The molecule has 27 rings (SSSR count). The summed E-state index contributed by atoms with van der Waals surface area (Å²) in [5.41, 5.74) is 17.6. The van der Waals surface area contributed by atoms with Crippen molar-refractivity contribution in [3.05, 3.63) is 505 Å². The van der Waals surface area contributed by atoms with Crippen molar-refractivity contribution in [2.75, 3.05) is 0 Å². The van der Waals surface area contributed by atoms with Crippen molar-refractivity contribution < 1.29 is 19.0 Å². The first-order valence-corrected chi connectivity index (χ1v) is 50.9. The summed E-state index contributed by atoms with van der Waals surface area (Å²) in [6, 6.07) is 177. The molecule has 0 unspecified atom stereocenters. The fourth-order valence-corrected chi connectivity index (χ4v) is 22.0. The molecule has 0 aliphatic carbocycles. The van der Waals surface area contributed by atoms with Gasteiger partial charge in [0, 0.05) is 13.4 Å². The molecule has 0 aromatic heterocycles. The van der Waals surface area contributed by atoms with E-state index in [4.69, 9.17) is 14.3 Å². The summed E-state index contributed by atoms with van der Waals surface area (Å²) in [6.45, 7) is 8.35. The summed E-state index contributed by atoms with van der Waals surface area (Å²) in [5.74, 6) is 0.616. The van der Waals surface area contributed by atoms with E-state index < -0.39 is 0 Å². The van der Waals surface area contributed by atoms with Crippen LogP contribution in [0.2, 0.25) is 0 Å². The number of fused-ring (bicyclic) bond motifs is 26. The minimum atomic E-state index is -0.337. The monoisotopic (exact) mass is 2030 g/mol. The highest BCUT2D eigenvalue weighted by molar-refractivity contribution is 9.11. The van der Waals surface area contributed by atoms with Gasteiger partial charge < -0.3 is 19.0 Å². The average molecular weight is 2030 g/mol. The van der Waals surface area contributed by atoms with Crippen LogP contribution >= 0.6 is 47.8 Å². The van der Waals surface area contributed by atoms with Crippen molar-refractivity contribution in [2.24, 2.45) is 0 Å². The Morgan fingerprint density at radius 1 is 0.189 bits per heavy atom. The van der Waals surface area contributed by atoms with Gasteiger partial charge in [0.15, 0.2) is 0 Å². The van der Waals surface area contributed by atoms with Crippen molar-refractivity contribution in [1.29, 1.82) is 0 Å². The molecule has 1 saturated heterocycles. The third-order valence-electron chi connectivity index (χ3n) is 28.8. The van der Waals surface area contributed by atoms with Gasteiger partial charge in [-0.2, -0.15) is 0 Å². The van der Waals surface area contributed by atoms with Gasteiger partial charge in [-0.05, 0) is 335 Å². The molecule has 0 amide bonds. The zero-order chi connectivity index (χ0) is 96.8. The standard InChI is InChI=1S/C56H36.C30H27BO2.C24H15Br.C18H11Br.C6H5BBrO2/c1-3-13-41(14-4-1)55-50-21-11-12-22-51(50)56(42-15-5-2-6-16-42)54-36-44(32-34-52(54)55)40-29-25-38(26-30-40)37-23-27-39(28-24-37)43-31-33-49-47-19-8-7-17-45(47)46-18-9-10-20-48(46)53(49)35-43;1-29(2)30(3,4)33-31(32-29)22-16-13-20(14-17-22)21-15-18-27-25-11-6-5-9-23(25)24-10-7-8-12-26(24)28(27)19-21;25-18-12-9-16(10-13-18)17-11-14-23-21-7-2-1-5-19(21)20-6-3-4-8-22(20)24(23)15-17;19-12-9-10-17-15-7-2-1-5-13(15)14-6-3-4-8-16(14)18(17)11-12;8-5-1-3-6(4-2-5)10-7-9/h1-36H;5-19H,1-4H3;1-15H;1-11H;1-4,9H. The second-order valence-corrected chi connectivity index (χ2v) is 40.4. The SMILES string of the molecule is Brc1ccc(-c2ccc3c4ccccc4c4ccccc4c3c2)cc1.Brc1ccc2c3ccccc3c3ccccc3c2c1.CC1(C)OB(c2ccc(-c3ccc4c5ccccc5c5ccccc5c4c3)cc2)OC1(C)C.O[B]Oc1ccc(Br)cc1.c1ccc(-c2c3ccccc3c(-c3ccccc3)c3cc(-c4ccc(-c5ccc(-c6ccc7c8ccccc8c8ccccc8c7c6)cc5)cc4)ccc23)cc1. The minimum absolute atomic E-state index is 0.335. The van der Waals surface area contributed by atoms with E-state index in [2.05, 4.69) is 547 Å². The van der Waals surface area contributed by atoms with Gasteiger partial charge in [0.1, 0.15) is 5.75 Å². The Morgan fingerprint density at radius 3 is 0.685 bits per heavy atom. The zero-order valence-electron chi connectivity index (χ0n) is 79.2. The van der Waals surface area contributed by atoms with Crippen LogP contribution in [0.15, 0.2) is 505 Å². The van der Waals surface area contributed by atoms with Crippen LogP contribution in [0.4, 0.5) is 0 Å². The molecule has 26 aromatic rings. The Bertz CT molecular complexity index is 9210. The molecule has 9 heteroatoms. The molecular weight excluding hydrogens is 1930 g/mol. The van der Waals surface area contributed by atoms with E-state index in [-0.39, 0.29) is 18.3 Å². The van der Waals surface area contributed by atoms with Gasteiger partial charge >= 0.3 is 14.8 Å². The summed E-state index contributed by atoms with van der Waals surface area (Å²) in [7, 11) is 0.319. The summed E-state index contributed by atoms with van der Waals surface area (Å²) in [5, 5.41) is 44.7. The highest BCUT2D eigenvalue weighted by Crippen LogP contribution is 2.48. The Hall–Kier alpha value is -15.4. The molecule has 1 N–H and O–H groups in total. The summed E-state index contributed by atoms with van der Waals surface area (Å²) < 4.78 is 20.3. The number of halogens is 3. The second kappa shape index (κ2) is 39.2. The van der Waals surface area contributed by atoms with Crippen molar-refractivity contribution in [3.63, 3.8) is 0 Å². The number of benzene rings is 26. The van der Waals surface area contributed by atoms with Gasteiger partial charge in [-0.3, -0.25) is 0 Å². The Morgan fingerprint density at radius 2 is 0.385 bits per heavy atom. The Labute approximate surface area is 857 Å². The maximum Gasteiger partial charge on any atom is 0.569 e. The smallest absolute Gasteiger partial charge is 0.537 e. The van der Waals surface area contributed by atoms with E-state index in [1.165, 1.54) is 229 Å². The summed E-state index contributed by atoms with van der Waals surface area (Å²) in [4.78, 5) is 0. The molecule has 0 spiro atoms. The van der Waals surface area contributed by atoms with Gasteiger partial charge in [-0.15, -0.1) is 0 Å². The fraction of sp³-hybridized carbons (Fsp3) is 0.0448. The van der Waals surface area contributed by atoms with E-state index >= 15 is 0 Å². The topological polar surface area (TPSA) is 47.9 Å². The van der Waals surface area contributed by atoms with Crippen molar-refractivity contribution in [3.8, 4) is 83.6 Å². The van der Waals surface area contributed by atoms with Gasteiger partial charge in [0.25, 0.3) is 0 Å². The largest absolute Gasteiger partial charge is 0.569 e. The quantitative estimate of drug-likeness (QED) is 0.0842. The molecule has 681 valence electrons. The van der Waals surface area contributed by atoms with E-state index in [0.29, 0.717) is 13.4 Å². The molecule has 1 aliphatic rings. The first kappa shape index (κ1) is 91.4. The normalized spacial score (nSPS) is 12.7. The molecule has 1 heterocycles. The van der Waals surface area contributed by atoms with Crippen molar-refractivity contribution in [1.82, 2.24) is 0 Å². The molecule has 0 saturated carbocycles. The summed E-state index contributed by atoms with van der Waals surface area (Å²) >= 11 is 10.4. The van der Waals surface area contributed by atoms with Crippen LogP contribution in [0.3, 0.4) is 0 Å². The lowest BCUT2D eigenvalue weighted by Gasteiger charge is -2.32. The van der Waals surface area contributed by atoms with Crippen LogP contribution in [0.1, 0.15) is 27.7 Å². The molecule has 0 bridgehead atoms. The van der Waals surface area contributed by atoms with E-state index in [9.17, 15) is 0 Å². The second-order valence-electron chi connectivity index (χ2n) is 37.7. The van der Waals surface area contributed by atoms with Gasteiger partial charge in [-0.25, -0.2) is 0 Å². The lowest BCUT2D eigenvalue weighted by molar-refractivity contribution is 0.00578. The van der Waals surface area contributed by atoms with E-state index in [0.717, 1.165) is 18.9 Å². The molecular formula is C134H94B2Br3O4. The van der Waals surface area contributed by atoms with Crippen molar-refractivity contribution in [2.45, 2.75) is 38.9 Å². The van der Waals surface area contributed by atoms with Gasteiger partial charge in [0.05, 0.1) is 11.2 Å². The summed E-state index contributed by atoms with van der Waals surface area (Å²) in [6.07, 6.45) is 0. The molecule has 143 heavy (non-hydrogen) atoms. The lowest BCUT2D eigenvalue weighted by atomic mass is 9.78. The first-order valence-electron chi connectivity index (χ1n) is 48.5. The third-order valence-corrected chi connectivity index (χ3v) is 30.4. The van der Waals surface area contributed by atoms with Crippen molar-refractivity contribution >= 4 is 219 Å². The molecule has 26 aromatic carbocycles. The number of hydrogen-bond donors (Lipinski definition) is 1. The molecule has 4 nitrogen and oxygen atoms in total. The predicted octanol–water partition coefficient (Wildman–Crippen LogP) is 37.7. The number of rotatable bonds is 10. The van der Waals surface area contributed by atoms with Crippen LogP contribution in [0.25, 0.3) is 229 Å². The van der Waals surface area contributed by atoms with Gasteiger partial charge in [-0.1, -0.05) is 466 Å². The first-order chi connectivity index (χ1) is 70.1. The van der Waals surface area contributed by atoms with Crippen LogP contribution in [-0.4, -0.2) is 31.0 Å². The Balaban J connectivity index is 0.000000110. The molecule has 1 radical (unpaired) electrons. The van der Waals surface area contributed by atoms with Crippen LogP contribution in [0, 0.1) is 0 Å². The fourth-order valence-electron chi connectivity index (χ4n) is 21.1. The van der Waals surface area contributed by atoms with E-state index in [1.54, 1.807) is 12.1 Å². The predicted molar refractivity (Wildman–Crippen MR) is 623 cm³/mol. The molecule has 0 atom stereocenters. The lowest BCUT2D eigenvalue weighted by Crippen LogP contribution is -2.41. The van der Waals surface area contributed by atoms with Crippen LogP contribution in [-0.2, 0) is 9.31 Å².